The second-order valence-corrected chi connectivity index (χ2v) is 6.36. The molecule has 2 aromatic heterocycles. The summed E-state index contributed by atoms with van der Waals surface area (Å²) < 4.78 is 4.79. The zero-order valence-corrected chi connectivity index (χ0v) is 14.9. The van der Waals surface area contributed by atoms with Crippen LogP contribution < -0.4 is 16.2 Å². The van der Waals surface area contributed by atoms with Crippen LogP contribution in [-0.4, -0.2) is 29.1 Å². The van der Waals surface area contributed by atoms with Crippen molar-refractivity contribution in [2.45, 2.75) is 13.8 Å². The van der Waals surface area contributed by atoms with Gasteiger partial charge in [-0.2, -0.15) is 0 Å². The summed E-state index contributed by atoms with van der Waals surface area (Å²) in [5.74, 6) is -0.869. The van der Waals surface area contributed by atoms with E-state index in [4.69, 9.17) is 17.0 Å². The number of thiocarbonyl (C=S) groups is 1. The van der Waals surface area contributed by atoms with Crippen LogP contribution in [0, 0.1) is 13.8 Å². The SMILES string of the molecule is COC(=O)c1c(NC(=S)NNC(=O)c2ccccn2)sc(C)c1C. The highest BCUT2D eigenvalue weighted by Crippen LogP contribution is 2.32. The molecule has 1 amide bonds. The van der Waals surface area contributed by atoms with Crippen molar-refractivity contribution in [2.75, 3.05) is 12.4 Å². The van der Waals surface area contributed by atoms with Gasteiger partial charge in [-0.1, -0.05) is 6.07 Å². The zero-order chi connectivity index (χ0) is 17.7. The lowest BCUT2D eigenvalue weighted by molar-refractivity contribution is 0.0601. The van der Waals surface area contributed by atoms with Crippen molar-refractivity contribution < 1.29 is 14.3 Å². The van der Waals surface area contributed by atoms with Crippen molar-refractivity contribution in [3.8, 4) is 0 Å². The lowest BCUT2D eigenvalue weighted by Gasteiger charge is -2.11. The number of anilines is 1. The van der Waals surface area contributed by atoms with Crippen molar-refractivity contribution in [1.82, 2.24) is 15.8 Å². The van der Waals surface area contributed by atoms with Crippen LogP contribution in [0.1, 0.15) is 31.3 Å². The Balaban J connectivity index is 2.02. The number of aromatic nitrogens is 1. The maximum atomic E-state index is 11.9. The number of pyridine rings is 1. The van der Waals surface area contributed by atoms with Crippen LogP contribution in [0.2, 0.25) is 0 Å². The topological polar surface area (TPSA) is 92.4 Å². The van der Waals surface area contributed by atoms with Gasteiger partial charge in [-0.15, -0.1) is 11.3 Å². The third kappa shape index (κ3) is 4.06. The molecule has 3 N–H and O–H groups in total. The van der Waals surface area contributed by atoms with E-state index in [0.29, 0.717) is 10.6 Å². The van der Waals surface area contributed by atoms with Crippen LogP contribution in [0.4, 0.5) is 5.00 Å². The second-order valence-electron chi connectivity index (χ2n) is 4.73. The van der Waals surface area contributed by atoms with Gasteiger partial charge < -0.3 is 10.1 Å². The molecular weight excluding hydrogens is 348 g/mol. The minimum atomic E-state index is -0.445. The van der Waals surface area contributed by atoms with Gasteiger partial charge >= 0.3 is 5.97 Å². The summed E-state index contributed by atoms with van der Waals surface area (Å²) in [5, 5.41) is 3.60. The highest BCUT2D eigenvalue weighted by Gasteiger charge is 2.20. The van der Waals surface area contributed by atoms with Crippen LogP contribution in [0.5, 0.6) is 0 Å². The number of aryl methyl sites for hydroxylation is 1. The van der Waals surface area contributed by atoms with Gasteiger partial charge in [0.2, 0.25) is 0 Å². The summed E-state index contributed by atoms with van der Waals surface area (Å²) in [6, 6.07) is 5.00. The number of esters is 1. The van der Waals surface area contributed by atoms with E-state index in [0.717, 1.165) is 10.4 Å². The quantitative estimate of drug-likeness (QED) is 0.437. The summed E-state index contributed by atoms with van der Waals surface area (Å²) in [4.78, 5) is 28.7. The fourth-order valence-corrected chi connectivity index (χ4v) is 3.14. The average Bonchev–Trinajstić information content (AvgIpc) is 2.86. The monoisotopic (exact) mass is 364 g/mol. The van der Waals surface area contributed by atoms with E-state index in [1.165, 1.54) is 24.6 Å². The average molecular weight is 364 g/mol. The Morgan fingerprint density at radius 3 is 2.62 bits per heavy atom. The van der Waals surface area contributed by atoms with Crippen molar-refractivity contribution in [3.05, 3.63) is 46.1 Å². The number of hydrogen-bond donors (Lipinski definition) is 3. The first-order valence-corrected chi connectivity index (χ1v) is 8.13. The van der Waals surface area contributed by atoms with Crippen LogP contribution in [0.3, 0.4) is 0 Å². The van der Waals surface area contributed by atoms with E-state index >= 15 is 0 Å². The number of thiophene rings is 1. The summed E-state index contributed by atoms with van der Waals surface area (Å²) >= 11 is 6.52. The summed E-state index contributed by atoms with van der Waals surface area (Å²) in [6.45, 7) is 3.74. The predicted octanol–water partition coefficient (Wildman–Crippen LogP) is 2.18. The molecule has 24 heavy (non-hydrogen) atoms. The molecule has 0 fully saturated rings. The van der Waals surface area contributed by atoms with Gasteiger partial charge in [0.25, 0.3) is 5.91 Å². The van der Waals surface area contributed by atoms with Crippen molar-refractivity contribution in [3.63, 3.8) is 0 Å². The van der Waals surface area contributed by atoms with Crippen LogP contribution in [0.15, 0.2) is 24.4 Å². The number of methoxy groups -OCH3 is 1. The van der Waals surface area contributed by atoms with E-state index in [-0.39, 0.29) is 10.8 Å². The third-order valence-corrected chi connectivity index (χ3v) is 4.52. The van der Waals surface area contributed by atoms with Crippen LogP contribution >= 0.6 is 23.6 Å². The molecule has 0 unspecified atom stereocenters. The van der Waals surface area contributed by atoms with Crippen LogP contribution in [0.25, 0.3) is 0 Å². The number of hydrogen-bond acceptors (Lipinski definition) is 6. The number of ether oxygens (including phenoxy) is 1. The molecule has 2 aromatic rings. The smallest absolute Gasteiger partial charge is 0.341 e. The Bertz CT molecular complexity index is 775. The van der Waals surface area contributed by atoms with Gasteiger partial charge in [0, 0.05) is 11.1 Å². The lowest BCUT2D eigenvalue weighted by atomic mass is 10.1. The normalized spacial score (nSPS) is 9.96. The molecule has 0 spiro atoms. The van der Waals surface area contributed by atoms with Crippen molar-refractivity contribution in [2.24, 2.45) is 0 Å². The molecule has 0 radical (unpaired) electrons. The molecule has 0 atom stereocenters. The van der Waals surface area contributed by atoms with E-state index in [1.807, 2.05) is 13.8 Å². The number of nitrogens with one attached hydrogen (secondary N) is 3. The molecule has 0 bridgehead atoms. The molecule has 0 aliphatic heterocycles. The van der Waals surface area contributed by atoms with Crippen molar-refractivity contribution >= 4 is 45.5 Å². The number of carbonyl (C=O) groups excluding carboxylic acids is 2. The van der Waals surface area contributed by atoms with E-state index < -0.39 is 11.9 Å². The molecule has 2 rings (SSSR count). The fraction of sp³-hybridized carbons (Fsp3) is 0.200. The molecule has 0 aliphatic rings. The molecule has 7 nitrogen and oxygen atoms in total. The minimum Gasteiger partial charge on any atom is -0.465 e. The Morgan fingerprint density at radius 2 is 2.00 bits per heavy atom. The molecule has 0 saturated heterocycles. The Morgan fingerprint density at radius 1 is 1.25 bits per heavy atom. The fourth-order valence-electron chi connectivity index (χ4n) is 1.87. The Hall–Kier alpha value is -2.52. The van der Waals surface area contributed by atoms with E-state index in [1.54, 1.807) is 18.2 Å². The largest absolute Gasteiger partial charge is 0.465 e. The standard InChI is InChI=1S/C15H16N4O3S2/c1-8-9(2)24-13(11(8)14(21)22-3)17-15(23)19-18-12(20)10-6-4-5-7-16-10/h4-7H,1-3H3,(H,18,20)(H2,17,19,23). The number of hydrazine groups is 1. The summed E-state index contributed by atoms with van der Waals surface area (Å²) in [7, 11) is 1.32. The van der Waals surface area contributed by atoms with Gasteiger partial charge in [-0.3, -0.25) is 20.6 Å². The molecular formula is C15H16N4O3S2. The Kier molecular flexibility index (Phi) is 5.83. The molecule has 0 saturated carbocycles. The van der Waals surface area contributed by atoms with E-state index in [9.17, 15) is 9.59 Å². The first kappa shape index (κ1) is 17.8. The lowest BCUT2D eigenvalue weighted by Crippen LogP contribution is -2.44. The molecule has 0 aliphatic carbocycles. The maximum absolute atomic E-state index is 11.9. The first-order valence-electron chi connectivity index (χ1n) is 6.90. The van der Waals surface area contributed by atoms with Gasteiger partial charge in [-0.05, 0) is 43.8 Å². The van der Waals surface area contributed by atoms with Crippen molar-refractivity contribution in [1.29, 1.82) is 0 Å². The van der Waals surface area contributed by atoms with Crippen LogP contribution in [-0.2, 0) is 4.74 Å². The summed E-state index contributed by atoms with van der Waals surface area (Å²) in [6.07, 6.45) is 1.52. The van der Waals surface area contributed by atoms with Gasteiger partial charge in [0.05, 0.1) is 12.7 Å². The zero-order valence-electron chi connectivity index (χ0n) is 13.3. The summed E-state index contributed by atoms with van der Waals surface area (Å²) in [5.41, 5.74) is 6.53. The number of carbonyl (C=O) groups is 2. The first-order chi connectivity index (χ1) is 11.4. The molecule has 2 heterocycles. The molecule has 126 valence electrons. The number of amides is 1. The van der Waals surface area contributed by atoms with Gasteiger partial charge in [0.15, 0.2) is 5.11 Å². The highest BCUT2D eigenvalue weighted by molar-refractivity contribution is 7.80. The second kappa shape index (κ2) is 7.84. The molecule has 0 aromatic carbocycles. The van der Waals surface area contributed by atoms with Gasteiger partial charge in [0.1, 0.15) is 10.7 Å². The van der Waals surface area contributed by atoms with Gasteiger partial charge in [-0.25, -0.2) is 4.79 Å². The maximum Gasteiger partial charge on any atom is 0.341 e. The minimum absolute atomic E-state index is 0.144. The Labute approximate surface area is 148 Å². The number of rotatable bonds is 3. The van der Waals surface area contributed by atoms with E-state index in [2.05, 4.69) is 21.2 Å². The number of nitrogens with zero attached hydrogens (tertiary/aromatic N) is 1. The highest BCUT2D eigenvalue weighted by atomic mass is 32.1. The molecule has 9 heteroatoms. The third-order valence-electron chi connectivity index (χ3n) is 3.19. The predicted molar refractivity (Wildman–Crippen MR) is 96.2 cm³/mol.